The monoisotopic (exact) mass is 560 g/mol. The van der Waals surface area contributed by atoms with Gasteiger partial charge in [-0.25, -0.2) is 5.43 Å². The van der Waals surface area contributed by atoms with E-state index in [0.29, 0.717) is 41.8 Å². The predicted octanol–water partition coefficient (Wildman–Crippen LogP) is 5.05. The third-order valence-corrected chi connectivity index (χ3v) is 5.38. The Morgan fingerprint density at radius 1 is 0.970 bits per heavy atom. The minimum atomic E-state index is -0.368. The van der Waals surface area contributed by atoms with Crippen molar-refractivity contribution < 1.29 is 23.7 Å². The highest BCUT2D eigenvalue weighted by Gasteiger charge is 2.12. The molecule has 0 fully saturated rings. The zero-order chi connectivity index (χ0) is 23.6. The predicted molar refractivity (Wildman–Crippen MR) is 136 cm³/mol. The average Bonchev–Trinajstić information content (AvgIpc) is 2.83. The Balaban J connectivity index is 1.67. The third-order valence-electron chi connectivity index (χ3n) is 4.58. The van der Waals surface area contributed by atoms with Crippen molar-refractivity contribution in [1.29, 1.82) is 0 Å². The second kappa shape index (κ2) is 12.1. The summed E-state index contributed by atoms with van der Waals surface area (Å²) in [6.07, 6.45) is 1.55. The average molecular weight is 560 g/mol. The molecule has 0 aliphatic heterocycles. The standard InChI is InChI=1S/C25H25IN2O5/c1-4-32-23-13-18(12-20(26)24(23)31-3)15-27-28-25(29)19-10-11-21(22(14-19)30-2)33-16-17-8-6-5-7-9-17/h5-15H,4,16H2,1-3H3,(H,28,29)/b27-15+. The number of nitrogens with one attached hydrogen (secondary N) is 1. The van der Waals surface area contributed by atoms with Crippen LogP contribution < -0.4 is 24.4 Å². The maximum Gasteiger partial charge on any atom is 0.271 e. The third kappa shape index (κ3) is 6.61. The van der Waals surface area contributed by atoms with Crippen molar-refractivity contribution in [3.8, 4) is 23.0 Å². The summed E-state index contributed by atoms with van der Waals surface area (Å²) in [6.45, 7) is 2.81. The molecule has 3 rings (SSSR count). The zero-order valence-electron chi connectivity index (χ0n) is 18.6. The lowest BCUT2D eigenvalue weighted by Crippen LogP contribution is -2.17. The van der Waals surface area contributed by atoms with Gasteiger partial charge >= 0.3 is 0 Å². The Kier molecular flexibility index (Phi) is 8.94. The molecule has 0 saturated carbocycles. The molecule has 0 heterocycles. The first kappa shape index (κ1) is 24.4. The number of nitrogens with zero attached hydrogens (tertiary/aromatic N) is 1. The second-order valence-electron chi connectivity index (χ2n) is 6.81. The Labute approximate surface area is 206 Å². The van der Waals surface area contributed by atoms with Gasteiger partial charge < -0.3 is 18.9 Å². The number of benzene rings is 3. The molecule has 3 aromatic rings. The minimum Gasteiger partial charge on any atom is -0.493 e. The van der Waals surface area contributed by atoms with Crippen LogP contribution in [0, 0.1) is 3.57 Å². The maximum atomic E-state index is 12.6. The number of carbonyl (C=O) groups is 1. The number of halogens is 1. The van der Waals surface area contributed by atoms with Crippen LogP contribution in [-0.4, -0.2) is 32.9 Å². The maximum absolute atomic E-state index is 12.6. The van der Waals surface area contributed by atoms with Crippen molar-refractivity contribution in [2.45, 2.75) is 13.5 Å². The van der Waals surface area contributed by atoms with E-state index in [0.717, 1.165) is 14.7 Å². The second-order valence-corrected chi connectivity index (χ2v) is 7.97. The topological polar surface area (TPSA) is 78.4 Å². The lowest BCUT2D eigenvalue weighted by atomic mass is 10.2. The van der Waals surface area contributed by atoms with Crippen LogP contribution in [0.4, 0.5) is 0 Å². The fraction of sp³-hybridized carbons (Fsp3) is 0.200. The van der Waals surface area contributed by atoms with E-state index >= 15 is 0 Å². The van der Waals surface area contributed by atoms with Crippen molar-refractivity contribution >= 4 is 34.7 Å². The molecule has 1 amide bonds. The molecule has 0 aliphatic carbocycles. The summed E-state index contributed by atoms with van der Waals surface area (Å²) in [7, 11) is 3.13. The van der Waals surface area contributed by atoms with Crippen molar-refractivity contribution in [3.63, 3.8) is 0 Å². The van der Waals surface area contributed by atoms with Crippen LogP contribution in [0.15, 0.2) is 65.8 Å². The zero-order valence-corrected chi connectivity index (χ0v) is 20.8. The molecule has 7 nitrogen and oxygen atoms in total. The molecule has 172 valence electrons. The molecule has 0 saturated heterocycles. The van der Waals surface area contributed by atoms with Gasteiger partial charge in [0, 0.05) is 5.56 Å². The minimum absolute atomic E-state index is 0.368. The molecule has 0 aromatic heterocycles. The summed E-state index contributed by atoms with van der Waals surface area (Å²) in [5, 5.41) is 4.07. The van der Waals surface area contributed by atoms with E-state index in [9.17, 15) is 4.79 Å². The normalized spacial score (nSPS) is 10.7. The smallest absolute Gasteiger partial charge is 0.271 e. The van der Waals surface area contributed by atoms with Crippen LogP contribution in [0.3, 0.4) is 0 Å². The molecule has 0 aliphatic rings. The molecule has 0 spiro atoms. The summed E-state index contributed by atoms with van der Waals surface area (Å²) >= 11 is 2.17. The SMILES string of the molecule is CCOc1cc(/C=N/NC(=O)c2ccc(OCc3ccccc3)c(OC)c2)cc(I)c1OC. The van der Waals surface area contributed by atoms with Gasteiger partial charge in [0.25, 0.3) is 5.91 Å². The number of amides is 1. The number of hydrogen-bond acceptors (Lipinski definition) is 6. The number of methoxy groups -OCH3 is 2. The van der Waals surface area contributed by atoms with E-state index in [-0.39, 0.29) is 5.91 Å². The number of carbonyl (C=O) groups excluding carboxylic acids is 1. The van der Waals surface area contributed by atoms with Gasteiger partial charge in [-0.05, 0) is 71.0 Å². The molecule has 8 heteroatoms. The molecule has 33 heavy (non-hydrogen) atoms. The number of ether oxygens (including phenoxy) is 4. The van der Waals surface area contributed by atoms with Gasteiger partial charge in [0.2, 0.25) is 0 Å². The van der Waals surface area contributed by atoms with Crippen LogP contribution in [0.25, 0.3) is 0 Å². The molecular weight excluding hydrogens is 535 g/mol. The Bertz CT molecular complexity index is 1120. The van der Waals surface area contributed by atoms with Gasteiger partial charge in [-0.3, -0.25) is 4.79 Å². The molecule has 0 atom stereocenters. The molecule has 3 aromatic carbocycles. The fourth-order valence-electron chi connectivity index (χ4n) is 3.02. The van der Waals surface area contributed by atoms with Gasteiger partial charge in [0.15, 0.2) is 23.0 Å². The largest absolute Gasteiger partial charge is 0.493 e. The van der Waals surface area contributed by atoms with Crippen molar-refractivity contribution in [2.24, 2.45) is 5.10 Å². The van der Waals surface area contributed by atoms with Gasteiger partial charge in [-0.1, -0.05) is 30.3 Å². The van der Waals surface area contributed by atoms with Crippen molar-refractivity contribution in [1.82, 2.24) is 5.43 Å². The first-order valence-corrected chi connectivity index (χ1v) is 11.3. The molecule has 0 bridgehead atoms. The van der Waals surface area contributed by atoms with Gasteiger partial charge in [-0.2, -0.15) is 5.10 Å². The van der Waals surface area contributed by atoms with E-state index < -0.39 is 0 Å². The highest BCUT2D eigenvalue weighted by molar-refractivity contribution is 14.1. The van der Waals surface area contributed by atoms with Crippen LogP contribution in [0.5, 0.6) is 23.0 Å². The van der Waals surface area contributed by atoms with Crippen LogP contribution in [0.1, 0.15) is 28.4 Å². The number of rotatable bonds is 10. The summed E-state index contributed by atoms with van der Waals surface area (Å²) < 4.78 is 23.1. The van der Waals surface area contributed by atoms with E-state index in [4.69, 9.17) is 18.9 Å². The summed E-state index contributed by atoms with van der Waals surface area (Å²) in [6, 6.07) is 18.5. The van der Waals surface area contributed by atoms with E-state index in [1.54, 1.807) is 31.5 Å². The lowest BCUT2D eigenvalue weighted by Gasteiger charge is -2.12. The van der Waals surface area contributed by atoms with Crippen molar-refractivity contribution in [2.75, 3.05) is 20.8 Å². The first-order chi connectivity index (χ1) is 16.0. The summed E-state index contributed by atoms with van der Waals surface area (Å²) in [5.41, 5.74) is 4.74. The van der Waals surface area contributed by atoms with Gasteiger partial charge in [0.05, 0.1) is 30.6 Å². The summed E-state index contributed by atoms with van der Waals surface area (Å²) in [5.74, 6) is 1.94. The van der Waals surface area contributed by atoms with Crippen LogP contribution in [0.2, 0.25) is 0 Å². The fourth-order valence-corrected chi connectivity index (χ4v) is 3.86. The lowest BCUT2D eigenvalue weighted by molar-refractivity contribution is 0.0954. The van der Waals surface area contributed by atoms with Crippen LogP contribution in [-0.2, 0) is 6.61 Å². The number of hydrogen-bond donors (Lipinski definition) is 1. The number of hydrazone groups is 1. The van der Waals surface area contributed by atoms with Gasteiger partial charge in [0.1, 0.15) is 6.61 Å². The van der Waals surface area contributed by atoms with Crippen LogP contribution >= 0.6 is 22.6 Å². The van der Waals surface area contributed by atoms with E-state index in [2.05, 4.69) is 33.1 Å². The Morgan fingerprint density at radius 2 is 1.76 bits per heavy atom. The highest BCUT2D eigenvalue weighted by atomic mass is 127. The van der Waals surface area contributed by atoms with Gasteiger partial charge in [-0.15, -0.1) is 0 Å². The van der Waals surface area contributed by atoms with Crippen molar-refractivity contribution in [3.05, 3.63) is 80.9 Å². The van der Waals surface area contributed by atoms with E-state index in [1.165, 1.54) is 7.11 Å². The van der Waals surface area contributed by atoms with E-state index in [1.807, 2.05) is 49.4 Å². The highest BCUT2D eigenvalue weighted by Crippen LogP contribution is 2.33. The molecular formula is C25H25IN2O5. The molecule has 0 unspecified atom stereocenters. The Hall–Kier alpha value is -3.27. The quantitative estimate of drug-likeness (QED) is 0.213. The molecule has 1 N–H and O–H groups in total. The Morgan fingerprint density at radius 3 is 2.45 bits per heavy atom. The molecule has 0 radical (unpaired) electrons. The first-order valence-electron chi connectivity index (χ1n) is 10.2. The summed E-state index contributed by atoms with van der Waals surface area (Å²) in [4.78, 5) is 12.6.